The summed E-state index contributed by atoms with van der Waals surface area (Å²) in [5.41, 5.74) is 1.60. The maximum atomic E-state index is 10.8. The lowest BCUT2D eigenvalue weighted by atomic mass is 10.0. The minimum absolute atomic E-state index is 0.313. The molecular weight excluding hydrogens is 230 g/mol. The summed E-state index contributed by atoms with van der Waals surface area (Å²) in [6, 6.07) is 13.9. The minimum Gasteiger partial charge on any atom is -0.478 e. The molecule has 1 aliphatic heterocycles. The summed E-state index contributed by atoms with van der Waals surface area (Å²) in [6.45, 7) is 0. The third-order valence-electron chi connectivity index (χ3n) is 3.03. The molecule has 1 heterocycles. The van der Waals surface area contributed by atoms with Gasteiger partial charge in [0.05, 0.1) is 5.71 Å². The summed E-state index contributed by atoms with van der Waals surface area (Å²) in [4.78, 5) is 15.7. The Hall–Kier alpha value is -2.36. The van der Waals surface area contributed by atoms with Gasteiger partial charge in [-0.3, -0.25) is 0 Å². The molecule has 1 aliphatic rings. The van der Waals surface area contributed by atoms with E-state index in [2.05, 4.69) is 5.16 Å². The highest BCUT2D eigenvalue weighted by atomic mass is 16.7. The van der Waals surface area contributed by atoms with E-state index < -0.39 is 12.1 Å². The van der Waals surface area contributed by atoms with Crippen molar-refractivity contribution >= 4 is 22.5 Å². The minimum atomic E-state index is -0.977. The van der Waals surface area contributed by atoms with E-state index in [-0.39, 0.29) is 0 Å². The van der Waals surface area contributed by atoms with E-state index in [0.29, 0.717) is 12.1 Å². The van der Waals surface area contributed by atoms with Crippen LogP contribution in [0.5, 0.6) is 0 Å². The van der Waals surface area contributed by atoms with Crippen molar-refractivity contribution < 1.29 is 14.7 Å². The fraction of sp³-hybridized carbons (Fsp3) is 0.143. The van der Waals surface area contributed by atoms with Crippen molar-refractivity contribution in [3.8, 4) is 0 Å². The zero-order chi connectivity index (χ0) is 12.5. The molecule has 0 fully saturated rings. The molecule has 18 heavy (non-hydrogen) atoms. The van der Waals surface area contributed by atoms with Crippen molar-refractivity contribution in [2.45, 2.75) is 12.5 Å². The van der Waals surface area contributed by atoms with Gasteiger partial charge in [0.1, 0.15) is 0 Å². The van der Waals surface area contributed by atoms with E-state index in [4.69, 9.17) is 9.94 Å². The number of benzene rings is 2. The van der Waals surface area contributed by atoms with Gasteiger partial charge in [0.2, 0.25) is 6.10 Å². The average Bonchev–Trinajstić information content (AvgIpc) is 2.88. The Morgan fingerprint density at radius 1 is 1.22 bits per heavy atom. The van der Waals surface area contributed by atoms with Gasteiger partial charge in [-0.05, 0) is 16.8 Å². The first kappa shape index (κ1) is 10.8. The lowest BCUT2D eigenvalue weighted by molar-refractivity contribution is -0.148. The number of oxime groups is 1. The Bertz CT molecular complexity index is 648. The molecular formula is C14H11NO3. The van der Waals surface area contributed by atoms with Crippen molar-refractivity contribution in [1.82, 2.24) is 0 Å². The van der Waals surface area contributed by atoms with Gasteiger partial charge >= 0.3 is 5.97 Å². The van der Waals surface area contributed by atoms with Crippen LogP contribution in [0.3, 0.4) is 0 Å². The highest BCUT2D eigenvalue weighted by molar-refractivity contribution is 6.05. The molecule has 3 rings (SSSR count). The van der Waals surface area contributed by atoms with Crippen LogP contribution in [0.4, 0.5) is 0 Å². The van der Waals surface area contributed by atoms with Crippen LogP contribution < -0.4 is 0 Å². The fourth-order valence-electron chi connectivity index (χ4n) is 2.05. The number of carboxylic acid groups (broad SMARTS) is 1. The quantitative estimate of drug-likeness (QED) is 0.878. The number of carboxylic acids is 1. The SMILES string of the molecule is O=C(O)[C@@H]1CC(c2ccc3ccccc3c2)=NO1. The smallest absolute Gasteiger partial charge is 0.348 e. The van der Waals surface area contributed by atoms with E-state index in [0.717, 1.165) is 16.3 Å². The summed E-state index contributed by atoms with van der Waals surface area (Å²) in [6.07, 6.45) is -0.542. The number of aliphatic carboxylic acids is 1. The van der Waals surface area contributed by atoms with Crippen LogP contribution in [0.15, 0.2) is 47.6 Å². The van der Waals surface area contributed by atoms with E-state index in [1.165, 1.54) is 0 Å². The second-order valence-electron chi connectivity index (χ2n) is 4.24. The Labute approximate surface area is 103 Å². The predicted octanol–water partition coefficient (Wildman–Crippen LogP) is 2.42. The van der Waals surface area contributed by atoms with Gasteiger partial charge in [-0.1, -0.05) is 41.6 Å². The zero-order valence-electron chi connectivity index (χ0n) is 9.54. The molecule has 0 amide bonds. The summed E-state index contributed by atoms with van der Waals surface area (Å²) >= 11 is 0. The largest absolute Gasteiger partial charge is 0.478 e. The first-order chi connectivity index (χ1) is 8.74. The monoisotopic (exact) mass is 241 g/mol. The number of rotatable bonds is 2. The Morgan fingerprint density at radius 2 is 2.00 bits per heavy atom. The van der Waals surface area contributed by atoms with Crippen molar-refractivity contribution in [1.29, 1.82) is 0 Å². The van der Waals surface area contributed by atoms with Gasteiger partial charge in [0, 0.05) is 12.0 Å². The lowest BCUT2D eigenvalue weighted by Crippen LogP contribution is -2.19. The van der Waals surface area contributed by atoms with Crippen molar-refractivity contribution in [2.75, 3.05) is 0 Å². The van der Waals surface area contributed by atoms with Crippen LogP contribution >= 0.6 is 0 Å². The molecule has 90 valence electrons. The molecule has 0 bridgehead atoms. The van der Waals surface area contributed by atoms with Crippen LogP contribution in [-0.2, 0) is 9.63 Å². The number of nitrogens with zero attached hydrogens (tertiary/aromatic N) is 1. The molecule has 0 radical (unpaired) electrons. The average molecular weight is 241 g/mol. The van der Waals surface area contributed by atoms with E-state index in [1.54, 1.807) is 0 Å². The van der Waals surface area contributed by atoms with Crippen LogP contribution in [0.25, 0.3) is 10.8 Å². The van der Waals surface area contributed by atoms with E-state index >= 15 is 0 Å². The van der Waals surface area contributed by atoms with Crippen molar-refractivity contribution in [2.24, 2.45) is 5.16 Å². The molecule has 4 heteroatoms. The number of hydrogen-bond donors (Lipinski definition) is 1. The summed E-state index contributed by atoms with van der Waals surface area (Å²) in [5.74, 6) is -0.977. The molecule has 1 atom stereocenters. The van der Waals surface area contributed by atoms with Gasteiger partial charge in [-0.2, -0.15) is 0 Å². The van der Waals surface area contributed by atoms with Gasteiger partial charge in [0.25, 0.3) is 0 Å². The van der Waals surface area contributed by atoms with E-state index in [9.17, 15) is 4.79 Å². The Kier molecular flexibility index (Phi) is 2.48. The molecule has 4 nitrogen and oxygen atoms in total. The molecule has 2 aromatic rings. The van der Waals surface area contributed by atoms with E-state index in [1.807, 2.05) is 42.5 Å². The molecule has 0 saturated heterocycles. The summed E-state index contributed by atoms with van der Waals surface area (Å²) < 4.78 is 0. The van der Waals surface area contributed by atoms with Crippen LogP contribution in [-0.4, -0.2) is 22.9 Å². The Balaban J connectivity index is 1.94. The summed E-state index contributed by atoms with van der Waals surface area (Å²) in [7, 11) is 0. The third kappa shape index (κ3) is 1.82. The first-order valence-electron chi connectivity index (χ1n) is 5.69. The first-order valence-corrected chi connectivity index (χ1v) is 5.69. The number of fused-ring (bicyclic) bond motifs is 1. The summed E-state index contributed by atoms with van der Waals surface area (Å²) in [5, 5.41) is 15.0. The maximum Gasteiger partial charge on any atom is 0.348 e. The highest BCUT2D eigenvalue weighted by Gasteiger charge is 2.28. The molecule has 0 aliphatic carbocycles. The number of carbonyl (C=O) groups is 1. The third-order valence-corrected chi connectivity index (χ3v) is 3.03. The molecule has 2 aromatic carbocycles. The van der Waals surface area contributed by atoms with Gasteiger partial charge < -0.3 is 9.94 Å². The van der Waals surface area contributed by atoms with Crippen LogP contribution in [0.1, 0.15) is 12.0 Å². The standard InChI is InChI=1S/C14H11NO3/c16-14(17)13-8-12(15-18-13)11-6-5-9-3-1-2-4-10(9)7-11/h1-7,13H,8H2,(H,16,17)/t13-/m0/s1. The zero-order valence-corrected chi connectivity index (χ0v) is 9.54. The van der Waals surface area contributed by atoms with Gasteiger partial charge in [-0.25, -0.2) is 4.79 Å². The molecule has 0 aromatic heterocycles. The van der Waals surface area contributed by atoms with Gasteiger partial charge in [-0.15, -0.1) is 0 Å². The number of hydrogen-bond acceptors (Lipinski definition) is 3. The maximum absolute atomic E-state index is 10.8. The molecule has 0 spiro atoms. The van der Waals surface area contributed by atoms with Crippen molar-refractivity contribution in [3.05, 3.63) is 48.0 Å². The fourth-order valence-corrected chi connectivity index (χ4v) is 2.05. The highest BCUT2D eigenvalue weighted by Crippen LogP contribution is 2.21. The predicted molar refractivity (Wildman–Crippen MR) is 67.6 cm³/mol. The van der Waals surface area contributed by atoms with Crippen LogP contribution in [0.2, 0.25) is 0 Å². The second kappa shape index (κ2) is 4.14. The Morgan fingerprint density at radius 3 is 2.72 bits per heavy atom. The second-order valence-corrected chi connectivity index (χ2v) is 4.24. The van der Waals surface area contributed by atoms with Crippen molar-refractivity contribution in [3.63, 3.8) is 0 Å². The lowest BCUT2D eigenvalue weighted by Gasteiger charge is -2.02. The normalized spacial score (nSPS) is 18.4. The van der Waals surface area contributed by atoms with Crippen LogP contribution in [0, 0.1) is 0 Å². The molecule has 1 N–H and O–H groups in total. The van der Waals surface area contributed by atoms with Gasteiger partial charge in [0.15, 0.2) is 0 Å². The molecule has 0 saturated carbocycles. The topological polar surface area (TPSA) is 58.9 Å². The molecule has 0 unspecified atom stereocenters.